The highest BCUT2D eigenvalue weighted by Crippen LogP contribution is 2.39. The van der Waals surface area contributed by atoms with Crippen molar-refractivity contribution < 1.29 is 9.53 Å². The quantitative estimate of drug-likeness (QED) is 0.844. The largest absolute Gasteiger partial charge is 0.492 e. The summed E-state index contributed by atoms with van der Waals surface area (Å²) in [7, 11) is 0. The van der Waals surface area contributed by atoms with Gasteiger partial charge in [0.05, 0.1) is 6.04 Å². The molecule has 0 aliphatic carbocycles. The highest BCUT2D eigenvalue weighted by atomic mass is 32.1. The number of amides is 1. The van der Waals surface area contributed by atoms with Crippen molar-refractivity contribution in [1.82, 2.24) is 9.88 Å². The number of aryl methyl sites for hydroxylation is 1. The van der Waals surface area contributed by atoms with Crippen molar-refractivity contribution in [2.24, 2.45) is 0 Å². The molecule has 0 unspecified atom stereocenters. The van der Waals surface area contributed by atoms with Crippen LogP contribution in [-0.2, 0) is 4.79 Å². The van der Waals surface area contributed by atoms with E-state index in [-0.39, 0.29) is 17.9 Å². The number of carbonyl (C=O) groups is 1. The third kappa shape index (κ3) is 2.63. The Labute approximate surface area is 140 Å². The zero-order valence-electron chi connectivity index (χ0n) is 13.2. The summed E-state index contributed by atoms with van der Waals surface area (Å²) in [6, 6.07) is 8.01. The van der Waals surface area contributed by atoms with Crippen molar-refractivity contribution >= 4 is 17.2 Å². The lowest BCUT2D eigenvalue weighted by Crippen LogP contribution is -2.41. The molecule has 0 bridgehead atoms. The average Bonchev–Trinajstić information content (AvgIpc) is 3.20. The second kappa shape index (κ2) is 5.96. The lowest BCUT2D eigenvalue weighted by atomic mass is 9.96. The number of para-hydroxylation sites is 1. The van der Waals surface area contributed by atoms with E-state index in [1.807, 2.05) is 36.1 Å². The van der Waals surface area contributed by atoms with E-state index >= 15 is 0 Å². The number of likely N-dealkylation sites (tertiary alicyclic amines) is 1. The molecule has 0 radical (unpaired) electrons. The van der Waals surface area contributed by atoms with Crippen molar-refractivity contribution in [2.75, 3.05) is 13.2 Å². The van der Waals surface area contributed by atoms with Gasteiger partial charge in [-0.3, -0.25) is 4.79 Å². The van der Waals surface area contributed by atoms with Crippen molar-refractivity contribution in [2.45, 2.75) is 38.1 Å². The van der Waals surface area contributed by atoms with Crippen LogP contribution in [-0.4, -0.2) is 28.9 Å². The molecule has 5 heteroatoms. The summed E-state index contributed by atoms with van der Waals surface area (Å²) in [5, 5.41) is 3.14. The number of hydrogen-bond acceptors (Lipinski definition) is 4. The van der Waals surface area contributed by atoms with Gasteiger partial charge in [0.2, 0.25) is 5.91 Å². The number of benzene rings is 1. The van der Waals surface area contributed by atoms with Crippen LogP contribution in [0.2, 0.25) is 0 Å². The van der Waals surface area contributed by atoms with Gasteiger partial charge in [-0.2, -0.15) is 0 Å². The SMILES string of the molecule is Cc1csc([C@@H]2CCCCN2C(=O)[C@@H]2COc3ccccc32)n1. The summed E-state index contributed by atoms with van der Waals surface area (Å²) in [5.74, 6) is 0.866. The van der Waals surface area contributed by atoms with Crippen LogP contribution in [0.4, 0.5) is 0 Å². The number of carbonyl (C=O) groups excluding carboxylic acids is 1. The van der Waals surface area contributed by atoms with Crippen LogP contribution >= 0.6 is 11.3 Å². The predicted molar refractivity (Wildman–Crippen MR) is 89.8 cm³/mol. The van der Waals surface area contributed by atoms with E-state index in [9.17, 15) is 4.79 Å². The zero-order chi connectivity index (χ0) is 15.8. The molecule has 120 valence electrons. The number of aromatic nitrogens is 1. The predicted octanol–water partition coefficient (Wildman–Crippen LogP) is 3.68. The van der Waals surface area contributed by atoms with Crippen LogP contribution in [0.3, 0.4) is 0 Å². The Kier molecular flexibility index (Phi) is 3.81. The summed E-state index contributed by atoms with van der Waals surface area (Å²) >= 11 is 1.67. The standard InChI is InChI=1S/C18H20N2O2S/c1-12-11-23-17(19-12)15-7-4-5-9-20(15)18(21)14-10-22-16-8-3-2-6-13(14)16/h2-3,6,8,11,14-15H,4-5,7,9-10H2,1H3/t14-,15+/m1/s1. The molecule has 4 rings (SSSR count). The first kappa shape index (κ1) is 14.7. The highest BCUT2D eigenvalue weighted by Gasteiger charge is 2.38. The first-order chi connectivity index (χ1) is 11.2. The zero-order valence-corrected chi connectivity index (χ0v) is 14.0. The number of thiazole rings is 1. The van der Waals surface area contributed by atoms with Crippen molar-refractivity contribution in [3.63, 3.8) is 0 Å². The van der Waals surface area contributed by atoms with Gasteiger partial charge >= 0.3 is 0 Å². The van der Waals surface area contributed by atoms with Gasteiger partial charge in [-0.1, -0.05) is 18.2 Å². The lowest BCUT2D eigenvalue weighted by molar-refractivity contribution is -0.137. The average molecular weight is 328 g/mol. The van der Waals surface area contributed by atoms with Crippen LogP contribution < -0.4 is 4.74 Å². The fraction of sp³-hybridized carbons (Fsp3) is 0.444. The van der Waals surface area contributed by atoms with Gasteiger partial charge in [0, 0.05) is 23.2 Å². The van der Waals surface area contributed by atoms with E-state index in [2.05, 4.69) is 10.4 Å². The maximum absolute atomic E-state index is 13.2. The third-order valence-corrected chi connectivity index (χ3v) is 5.77. The molecule has 3 heterocycles. The molecule has 23 heavy (non-hydrogen) atoms. The Morgan fingerprint density at radius 3 is 3.04 bits per heavy atom. The Balaban J connectivity index is 1.61. The molecule has 2 aromatic rings. The fourth-order valence-corrected chi connectivity index (χ4v) is 4.49. The number of hydrogen-bond donors (Lipinski definition) is 0. The number of piperidine rings is 1. The highest BCUT2D eigenvalue weighted by molar-refractivity contribution is 7.09. The third-order valence-electron chi connectivity index (χ3n) is 4.71. The Bertz CT molecular complexity index is 727. The van der Waals surface area contributed by atoms with E-state index in [0.29, 0.717) is 6.61 Å². The maximum Gasteiger partial charge on any atom is 0.234 e. The molecule has 2 aliphatic rings. The van der Waals surface area contributed by atoms with E-state index in [1.54, 1.807) is 11.3 Å². The van der Waals surface area contributed by atoms with Crippen LogP contribution in [0.5, 0.6) is 5.75 Å². The molecular formula is C18H20N2O2S. The van der Waals surface area contributed by atoms with E-state index in [4.69, 9.17) is 4.74 Å². The van der Waals surface area contributed by atoms with E-state index in [0.717, 1.165) is 47.8 Å². The van der Waals surface area contributed by atoms with Gasteiger partial charge in [-0.15, -0.1) is 11.3 Å². The van der Waals surface area contributed by atoms with Crippen LogP contribution in [0.25, 0.3) is 0 Å². The van der Waals surface area contributed by atoms with Gasteiger partial charge in [0.1, 0.15) is 23.3 Å². The van der Waals surface area contributed by atoms with Gasteiger partial charge in [0.25, 0.3) is 0 Å². The number of rotatable bonds is 2. The van der Waals surface area contributed by atoms with E-state index < -0.39 is 0 Å². The molecule has 1 saturated heterocycles. The van der Waals surface area contributed by atoms with E-state index in [1.165, 1.54) is 0 Å². The topological polar surface area (TPSA) is 42.4 Å². The molecule has 4 nitrogen and oxygen atoms in total. The van der Waals surface area contributed by atoms with Gasteiger partial charge in [0.15, 0.2) is 0 Å². The summed E-state index contributed by atoms with van der Waals surface area (Å²) in [6.45, 7) is 3.29. The van der Waals surface area contributed by atoms with Gasteiger partial charge in [-0.05, 0) is 32.3 Å². The minimum Gasteiger partial charge on any atom is -0.492 e. The fourth-order valence-electron chi connectivity index (χ4n) is 3.54. The summed E-state index contributed by atoms with van der Waals surface area (Å²) in [6.07, 6.45) is 3.24. The van der Waals surface area contributed by atoms with Crippen molar-refractivity contribution in [1.29, 1.82) is 0 Å². The molecule has 1 aromatic carbocycles. The van der Waals surface area contributed by atoms with Crippen LogP contribution in [0, 0.1) is 6.92 Å². The second-order valence-electron chi connectivity index (χ2n) is 6.27. The Morgan fingerprint density at radius 2 is 2.22 bits per heavy atom. The number of ether oxygens (including phenoxy) is 1. The summed E-state index contributed by atoms with van der Waals surface area (Å²) < 4.78 is 5.71. The van der Waals surface area contributed by atoms with Gasteiger partial charge in [-0.25, -0.2) is 4.98 Å². The Hall–Kier alpha value is -1.88. The van der Waals surface area contributed by atoms with Crippen LogP contribution in [0.15, 0.2) is 29.6 Å². The first-order valence-corrected chi connectivity index (χ1v) is 9.06. The lowest BCUT2D eigenvalue weighted by Gasteiger charge is -2.36. The molecule has 1 fully saturated rings. The molecule has 0 N–H and O–H groups in total. The molecule has 2 atom stereocenters. The van der Waals surface area contributed by atoms with Gasteiger partial charge < -0.3 is 9.64 Å². The minimum atomic E-state index is -0.173. The summed E-state index contributed by atoms with van der Waals surface area (Å²) in [4.78, 5) is 19.8. The van der Waals surface area contributed by atoms with Crippen LogP contribution in [0.1, 0.15) is 47.5 Å². The van der Waals surface area contributed by atoms with Crippen molar-refractivity contribution in [3.8, 4) is 5.75 Å². The minimum absolute atomic E-state index is 0.128. The monoisotopic (exact) mass is 328 g/mol. The second-order valence-corrected chi connectivity index (χ2v) is 7.16. The smallest absolute Gasteiger partial charge is 0.234 e. The molecule has 0 saturated carbocycles. The molecule has 0 spiro atoms. The molecule has 1 aromatic heterocycles. The molecule has 1 amide bonds. The van der Waals surface area contributed by atoms with Crippen molar-refractivity contribution in [3.05, 3.63) is 45.9 Å². The Morgan fingerprint density at radius 1 is 1.35 bits per heavy atom. The maximum atomic E-state index is 13.2. The molecular weight excluding hydrogens is 308 g/mol. The summed E-state index contributed by atoms with van der Waals surface area (Å²) in [5.41, 5.74) is 2.06. The first-order valence-electron chi connectivity index (χ1n) is 8.18. The number of fused-ring (bicyclic) bond motifs is 1. The molecule has 2 aliphatic heterocycles. The number of nitrogens with zero attached hydrogens (tertiary/aromatic N) is 2. The normalized spacial score (nSPS) is 23.4.